The van der Waals surface area contributed by atoms with Crippen LogP contribution in [0.2, 0.25) is 0 Å². The highest BCUT2D eigenvalue weighted by Crippen LogP contribution is 2.26. The smallest absolute Gasteiger partial charge is 0.173 e. The predicted octanol–water partition coefficient (Wildman–Crippen LogP) is 3.41. The number of anilines is 3. The molecule has 2 saturated heterocycles. The normalized spacial score (nSPS) is 19.0. The fourth-order valence-corrected chi connectivity index (χ4v) is 5.02. The van der Waals surface area contributed by atoms with Gasteiger partial charge in [0.05, 0.1) is 37.2 Å². The Labute approximate surface area is 205 Å². The van der Waals surface area contributed by atoms with Crippen LogP contribution in [0.25, 0.3) is 10.9 Å². The molecule has 0 saturated carbocycles. The van der Waals surface area contributed by atoms with Crippen LogP contribution in [0, 0.1) is 5.92 Å². The van der Waals surface area contributed by atoms with Crippen LogP contribution in [-0.2, 0) is 4.74 Å². The van der Waals surface area contributed by atoms with E-state index >= 15 is 0 Å². The predicted molar refractivity (Wildman–Crippen MR) is 141 cm³/mol. The number of piperazine rings is 1. The van der Waals surface area contributed by atoms with Gasteiger partial charge in [0.25, 0.3) is 0 Å². The summed E-state index contributed by atoms with van der Waals surface area (Å²) in [4.78, 5) is 20.8. The standard InChI is InChI=1S/C25H31N7OS/c1-18(2)22-17-31(24-16-26-15-23(29-24)30-11-13-33-14-12-30)9-10-32(22)25(34)28-21-7-3-6-20-19(21)5-4-8-27-20/h3-8,15-16,18,22H,9-14,17H2,1-2H3,(H,28,34). The Morgan fingerprint density at radius 1 is 1.03 bits per heavy atom. The third-order valence-electron chi connectivity index (χ3n) is 6.60. The van der Waals surface area contributed by atoms with Crippen LogP contribution in [-0.4, -0.2) is 76.9 Å². The van der Waals surface area contributed by atoms with Gasteiger partial charge in [0, 0.05) is 50.0 Å². The van der Waals surface area contributed by atoms with E-state index in [1.54, 1.807) is 0 Å². The molecule has 0 radical (unpaired) electrons. The number of nitrogens with zero attached hydrogens (tertiary/aromatic N) is 6. The number of morpholine rings is 1. The van der Waals surface area contributed by atoms with Gasteiger partial charge in [-0.05, 0) is 42.4 Å². The zero-order chi connectivity index (χ0) is 23.5. The van der Waals surface area contributed by atoms with Crippen molar-refractivity contribution in [3.05, 3.63) is 48.9 Å². The first-order valence-electron chi connectivity index (χ1n) is 11.9. The van der Waals surface area contributed by atoms with Crippen molar-refractivity contribution in [3.63, 3.8) is 0 Å². The molecule has 1 atom stereocenters. The van der Waals surface area contributed by atoms with Crippen LogP contribution in [0.5, 0.6) is 0 Å². The molecule has 3 aromatic rings. The van der Waals surface area contributed by atoms with Gasteiger partial charge >= 0.3 is 0 Å². The monoisotopic (exact) mass is 477 g/mol. The van der Waals surface area contributed by atoms with Gasteiger partial charge in [0.1, 0.15) is 11.6 Å². The van der Waals surface area contributed by atoms with Gasteiger partial charge in [0.2, 0.25) is 0 Å². The van der Waals surface area contributed by atoms with Crippen LogP contribution >= 0.6 is 12.2 Å². The molecule has 4 heterocycles. The molecule has 1 N–H and O–H groups in total. The summed E-state index contributed by atoms with van der Waals surface area (Å²) >= 11 is 5.91. The summed E-state index contributed by atoms with van der Waals surface area (Å²) in [7, 11) is 0. The molecule has 0 aliphatic carbocycles. The number of nitrogens with one attached hydrogen (secondary N) is 1. The second kappa shape index (κ2) is 10.1. The first kappa shape index (κ1) is 22.7. The van der Waals surface area contributed by atoms with E-state index in [2.05, 4.69) is 56.0 Å². The van der Waals surface area contributed by atoms with Crippen molar-refractivity contribution in [2.45, 2.75) is 19.9 Å². The molecule has 2 fully saturated rings. The summed E-state index contributed by atoms with van der Waals surface area (Å²) in [6.07, 6.45) is 5.54. The Kier molecular flexibility index (Phi) is 6.73. The van der Waals surface area contributed by atoms with Gasteiger partial charge in [-0.1, -0.05) is 19.9 Å². The van der Waals surface area contributed by atoms with Gasteiger partial charge in [-0.25, -0.2) is 4.98 Å². The van der Waals surface area contributed by atoms with Crippen molar-refractivity contribution >= 4 is 45.6 Å². The first-order valence-corrected chi connectivity index (χ1v) is 12.3. The van der Waals surface area contributed by atoms with Crippen LogP contribution in [0.15, 0.2) is 48.9 Å². The van der Waals surface area contributed by atoms with E-state index in [9.17, 15) is 0 Å². The number of hydrogen-bond donors (Lipinski definition) is 1. The molecular formula is C25H31N7OS. The molecule has 1 unspecified atom stereocenters. The minimum Gasteiger partial charge on any atom is -0.378 e. The lowest BCUT2D eigenvalue weighted by molar-refractivity contribution is 0.122. The Hall–Kier alpha value is -3.04. The molecule has 0 bridgehead atoms. The number of fused-ring (bicyclic) bond motifs is 1. The van der Waals surface area contributed by atoms with E-state index in [0.29, 0.717) is 5.92 Å². The topological polar surface area (TPSA) is 69.7 Å². The molecule has 2 aliphatic heterocycles. The number of ether oxygens (including phenoxy) is 1. The number of thiocarbonyl (C=S) groups is 1. The largest absolute Gasteiger partial charge is 0.378 e. The maximum Gasteiger partial charge on any atom is 0.173 e. The summed E-state index contributed by atoms with van der Waals surface area (Å²) < 4.78 is 5.48. The van der Waals surface area contributed by atoms with E-state index in [1.807, 2.05) is 36.8 Å². The quantitative estimate of drug-likeness (QED) is 0.569. The SMILES string of the molecule is CC(C)C1CN(c2cncc(N3CCOCC3)n2)CCN1C(=S)Nc1cccc2ncccc12. The maximum atomic E-state index is 5.91. The molecule has 2 aliphatic rings. The molecular weight excluding hydrogens is 446 g/mol. The van der Waals surface area contributed by atoms with Crippen LogP contribution in [0.3, 0.4) is 0 Å². The van der Waals surface area contributed by atoms with Gasteiger partial charge in [0.15, 0.2) is 5.11 Å². The molecule has 5 rings (SSSR count). The number of benzene rings is 1. The van der Waals surface area contributed by atoms with Crippen molar-refractivity contribution in [1.29, 1.82) is 0 Å². The minimum absolute atomic E-state index is 0.260. The van der Waals surface area contributed by atoms with Gasteiger partial charge in [-0.3, -0.25) is 9.97 Å². The first-order chi connectivity index (χ1) is 16.6. The Morgan fingerprint density at radius 3 is 2.62 bits per heavy atom. The van der Waals surface area contributed by atoms with Crippen LogP contribution < -0.4 is 15.1 Å². The summed E-state index contributed by atoms with van der Waals surface area (Å²) in [5.41, 5.74) is 1.95. The number of hydrogen-bond acceptors (Lipinski definition) is 7. The zero-order valence-corrected chi connectivity index (χ0v) is 20.5. The highest BCUT2D eigenvalue weighted by atomic mass is 32.1. The molecule has 8 nitrogen and oxygen atoms in total. The minimum atomic E-state index is 0.260. The summed E-state index contributed by atoms with van der Waals surface area (Å²) in [6.45, 7) is 10.2. The van der Waals surface area contributed by atoms with E-state index in [-0.39, 0.29) is 6.04 Å². The van der Waals surface area contributed by atoms with Crippen molar-refractivity contribution in [2.24, 2.45) is 5.92 Å². The van der Waals surface area contributed by atoms with E-state index < -0.39 is 0 Å². The Bertz CT molecular complexity index is 1150. The van der Waals surface area contributed by atoms with Crippen LogP contribution in [0.1, 0.15) is 13.8 Å². The lowest BCUT2D eigenvalue weighted by Gasteiger charge is -2.45. The van der Waals surface area contributed by atoms with Gasteiger partial charge < -0.3 is 24.8 Å². The molecule has 9 heteroatoms. The Balaban J connectivity index is 1.31. The van der Waals surface area contributed by atoms with Crippen molar-refractivity contribution < 1.29 is 4.74 Å². The molecule has 34 heavy (non-hydrogen) atoms. The highest BCUT2D eigenvalue weighted by molar-refractivity contribution is 7.80. The van der Waals surface area contributed by atoms with E-state index in [4.69, 9.17) is 21.9 Å². The third kappa shape index (κ3) is 4.76. The average molecular weight is 478 g/mol. The van der Waals surface area contributed by atoms with Crippen molar-refractivity contribution in [2.75, 3.05) is 61.1 Å². The molecule has 0 amide bonds. The van der Waals surface area contributed by atoms with Crippen molar-refractivity contribution in [1.82, 2.24) is 19.9 Å². The van der Waals surface area contributed by atoms with Gasteiger partial charge in [-0.15, -0.1) is 0 Å². The van der Waals surface area contributed by atoms with E-state index in [1.165, 1.54) is 0 Å². The third-order valence-corrected chi connectivity index (χ3v) is 6.94. The lowest BCUT2D eigenvalue weighted by Crippen LogP contribution is -2.58. The molecule has 1 aromatic carbocycles. The number of aromatic nitrogens is 3. The molecule has 178 valence electrons. The number of rotatable bonds is 4. The fraction of sp³-hybridized carbons (Fsp3) is 0.440. The van der Waals surface area contributed by atoms with Crippen molar-refractivity contribution in [3.8, 4) is 0 Å². The maximum absolute atomic E-state index is 5.91. The van der Waals surface area contributed by atoms with E-state index in [0.717, 1.165) is 79.3 Å². The number of pyridine rings is 1. The fourth-order valence-electron chi connectivity index (χ4n) is 4.68. The summed E-state index contributed by atoms with van der Waals surface area (Å²) in [6, 6.07) is 10.4. The van der Waals surface area contributed by atoms with Gasteiger partial charge in [-0.2, -0.15) is 0 Å². The second-order valence-corrected chi connectivity index (χ2v) is 9.48. The lowest BCUT2D eigenvalue weighted by atomic mass is 10.00. The van der Waals surface area contributed by atoms with Crippen LogP contribution in [0.4, 0.5) is 17.3 Å². The molecule has 2 aromatic heterocycles. The zero-order valence-electron chi connectivity index (χ0n) is 19.7. The second-order valence-electron chi connectivity index (χ2n) is 9.09. The Morgan fingerprint density at radius 2 is 1.82 bits per heavy atom. The molecule has 0 spiro atoms. The summed E-state index contributed by atoms with van der Waals surface area (Å²) in [5.74, 6) is 2.27. The summed E-state index contributed by atoms with van der Waals surface area (Å²) in [5, 5.41) is 5.32. The highest BCUT2D eigenvalue weighted by Gasteiger charge is 2.32. The average Bonchev–Trinajstić information content (AvgIpc) is 2.89.